The Labute approximate surface area is 107 Å². The van der Waals surface area contributed by atoms with E-state index in [9.17, 15) is 9.90 Å². The number of hydrogen-bond acceptors (Lipinski definition) is 3. The van der Waals surface area contributed by atoms with Crippen molar-refractivity contribution in [1.29, 1.82) is 0 Å². The van der Waals surface area contributed by atoms with E-state index >= 15 is 0 Å². The highest BCUT2D eigenvalue weighted by Gasteiger charge is 2.28. The normalized spacial score (nSPS) is 17.0. The van der Waals surface area contributed by atoms with E-state index in [0.29, 0.717) is 12.5 Å². The molecule has 0 saturated heterocycles. The number of hydrogen-bond donors (Lipinski definition) is 2. The maximum Gasteiger partial charge on any atom is 0.239 e. The number of phenolic OH excluding ortho intramolecular Hbond substituents is 1. The van der Waals surface area contributed by atoms with E-state index in [1.807, 2.05) is 7.05 Å². The quantitative estimate of drug-likeness (QED) is 0.843. The van der Waals surface area contributed by atoms with Crippen molar-refractivity contribution in [2.75, 3.05) is 7.05 Å². The molecule has 1 aromatic rings. The zero-order chi connectivity index (χ0) is 13.1. The van der Waals surface area contributed by atoms with E-state index in [2.05, 4.69) is 0 Å². The Morgan fingerprint density at radius 1 is 1.44 bits per heavy atom. The lowest BCUT2D eigenvalue weighted by atomic mass is 9.91. The van der Waals surface area contributed by atoms with Crippen LogP contribution < -0.4 is 5.73 Å². The molecule has 2 rings (SSSR count). The minimum atomic E-state index is -0.500. The number of nitrogens with zero attached hydrogens (tertiary/aromatic N) is 1. The van der Waals surface area contributed by atoms with E-state index in [4.69, 9.17) is 5.73 Å². The lowest BCUT2D eigenvalue weighted by Gasteiger charge is -2.36. The van der Waals surface area contributed by atoms with E-state index in [1.165, 1.54) is 6.42 Å². The van der Waals surface area contributed by atoms with Crippen molar-refractivity contribution in [2.24, 2.45) is 5.73 Å². The smallest absolute Gasteiger partial charge is 0.239 e. The summed E-state index contributed by atoms with van der Waals surface area (Å²) in [5, 5.41) is 9.19. The van der Waals surface area contributed by atoms with Gasteiger partial charge in [0, 0.05) is 13.1 Å². The predicted molar refractivity (Wildman–Crippen MR) is 70.2 cm³/mol. The molecule has 3 N–H and O–H groups in total. The summed E-state index contributed by atoms with van der Waals surface area (Å²) in [6.07, 6.45) is 3.90. The van der Waals surface area contributed by atoms with Gasteiger partial charge in [0.25, 0.3) is 0 Å². The molecule has 0 heterocycles. The van der Waals surface area contributed by atoms with Gasteiger partial charge in [0.05, 0.1) is 6.04 Å². The molecule has 0 spiro atoms. The number of aromatic hydroxyl groups is 1. The summed E-state index contributed by atoms with van der Waals surface area (Å²) in [4.78, 5) is 13.9. The number of nitrogens with two attached hydrogens (primary N) is 1. The fourth-order valence-electron chi connectivity index (χ4n) is 2.19. The molecule has 1 aliphatic carbocycles. The Kier molecular flexibility index (Phi) is 3.87. The molecule has 1 fully saturated rings. The van der Waals surface area contributed by atoms with Crippen LogP contribution >= 0.6 is 0 Å². The standard InChI is InChI=1S/C14H20N2O2/c1-16(11-3-2-4-11)14(18)13(15)9-10-5-7-12(17)8-6-10/h5-8,11,13,17H,2-4,9,15H2,1H3/t13-/m0/s1. The van der Waals surface area contributed by atoms with Gasteiger partial charge in [-0.15, -0.1) is 0 Å². The topological polar surface area (TPSA) is 66.6 Å². The minimum Gasteiger partial charge on any atom is -0.508 e. The number of benzene rings is 1. The molecule has 98 valence electrons. The van der Waals surface area contributed by atoms with Crippen LogP contribution in [-0.2, 0) is 11.2 Å². The summed E-state index contributed by atoms with van der Waals surface area (Å²) in [6.45, 7) is 0. The van der Waals surface area contributed by atoms with Crippen LogP contribution in [0.5, 0.6) is 5.75 Å². The fourth-order valence-corrected chi connectivity index (χ4v) is 2.19. The Balaban J connectivity index is 1.92. The molecule has 18 heavy (non-hydrogen) atoms. The molecule has 0 radical (unpaired) electrons. The third-order valence-corrected chi connectivity index (χ3v) is 3.68. The van der Waals surface area contributed by atoms with Gasteiger partial charge in [-0.05, 0) is 43.4 Å². The second-order valence-electron chi connectivity index (χ2n) is 5.01. The zero-order valence-corrected chi connectivity index (χ0v) is 10.7. The first-order valence-electron chi connectivity index (χ1n) is 6.38. The van der Waals surface area contributed by atoms with Gasteiger partial charge in [0.2, 0.25) is 5.91 Å². The predicted octanol–water partition coefficient (Wildman–Crippen LogP) is 1.27. The molecular weight excluding hydrogens is 228 g/mol. The van der Waals surface area contributed by atoms with Gasteiger partial charge in [0.15, 0.2) is 0 Å². The second-order valence-corrected chi connectivity index (χ2v) is 5.01. The van der Waals surface area contributed by atoms with E-state index < -0.39 is 6.04 Å². The fraction of sp³-hybridized carbons (Fsp3) is 0.500. The van der Waals surface area contributed by atoms with Crippen LogP contribution in [-0.4, -0.2) is 35.0 Å². The molecule has 4 heteroatoms. The Bertz CT molecular complexity index is 412. The van der Waals surface area contributed by atoms with Crippen LogP contribution in [0, 0.1) is 0 Å². The van der Waals surface area contributed by atoms with Crippen molar-refractivity contribution >= 4 is 5.91 Å². The molecule has 0 aromatic heterocycles. The van der Waals surface area contributed by atoms with Gasteiger partial charge < -0.3 is 15.7 Å². The third-order valence-electron chi connectivity index (χ3n) is 3.68. The van der Waals surface area contributed by atoms with Crippen LogP contribution in [0.3, 0.4) is 0 Å². The average molecular weight is 248 g/mol. The first kappa shape index (κ1) is 12.9. The maximum absolute atomic E-state index is 12.1. The van der Waals surface area contributed by atoms with Gasteiger partial charge in [-0.25, -0.2) is 0 Å². The Morgan fingerprint density at radius 2 is 2.06 bits per heavy atom. The van der Waals surface area contributed by atoms with Gasteiger partial charge >= 0.3 is 0 Å². The highest BCUT2D eigenvalue weighted by atomic mass is 16.3. The van der Waals surface area contributed by atoms with Crippen molar-refractivity contribution in [3.05, 3.63) is 29.8 Å². The monoisotopic (exact) mass is 248 g/mol. The van der Waals surface area contributed by atoms with Crippen LogP contribution in [0.25, 0.3) is 0 Å². The molecule has 1 aliphatic rings. The number of carbonyl (C=O) groups excluding carboxylic acids is 1. The summed E-state index contributed by atoms with van der Waals surface area (Å²) in [5.41, 5.74) is 6.92. The highest BCUT2D eigenvalue weighted by Crippen LogP contribution is 2.24. The molecule has 1 atom stereocenters. The summed E-state index contributed by atoms with van der Waals surface area (Å²) >= 11 is 0. The minimum absolute atomic E-state index is 0.00720. The second kappa shape index (κ2) is 5.40. The molecule has 1 amide bonds. The first-order chi connectivity index (χ1) is 8.58. The molecule has 0 bridgehead atoms. The van der Waals surface area contributed by atoms with Crippen LogP contribution in [0.2, 0.25) is 0 Å². The van der Waals surface area contributed by atoms with Crippen molar-refractivity contribution in [1.82, 2.24) is 4.90 Å². The molecule has 4 nitrogen and oxygen atoms in total. The molecule has 0 unspecified atom stereocenters. The Morgan fingerprint density at radius 3 is 2.56 bits per heavy atom. The summed E-state index contributed by atoms with van der Waals surface area (Å²) in [5.74, 6) is 0.234. The third kappa shape index (κ3) is 2.82. The molecule has 1 saturated carbocycles. The number of likely N-dealkylation sites (N-methyl/N-ethyl adjacent to an activating group) is 1. The van der Waals surface area contributed by atoms with E-state index in [0.717, 1.165) is 18.4 Å². The van der Waals surface area contributed by atoms with E-state index in [1.54, 1.807) is 29.2 Å². The van der Waals surface area contributed by atoms with Gasteiger partial charge in [-0.1, -0.05) is 12.1 Å². The lowest BCUT2D eigenvalue weighted by molar-refractivity contribution is -0.134. The van der Waals surface area contributed by atoms with Gasteiger partial charge in [0.1, 0.15) is 5.75 Å². The largest absolute Gasteiger partial charge is 0.508 e. The highest BCUT2D eigenvalue weighted by molar-refractivity contribution is 5.82. The molecule has 0 aliphatic heterocycles. The Hall–Kier alpha value is -1.55. The van der Waals surface area contributed by atoms with Crippen molar-refractivity contribution < 1.29 is 9.90 Å². The molecule has 1 aromatic carbocycles. The maximum atomic E-state index is 12.1. The van der Waals surface area contributed by atoms with Gasteiger partial charge in [-0.3, -0.25) is 4.79 Å². The zero-order valence-electron chi connectivity index (χ0n) is 10.7. The number of carbonyl (C=O) groups is 1. The number of rotatable bonds is 4. The van der Waals surface area contributed by atoms with E-state index in [-0.39, 0.29) is 11.7 Å². The summed E-state index contributed by atoms with van der Waals surface area (Å²) in [6, 6.07) is 6.70. The van der Waals surface area contributed by atoms with Crippen LogP contribution in [0.4, 0.5) is 0 Å². The lowest BCUT2D eigenvalue weighted by Crippen LogP contribution is -2.49. The summed E-state index contributed by atoms with van der Waals surface area (Å²) in [7, 11) is 1.84. The van der Waals surface area contributed by atoms with Crippen molar-refractivity contribution in [2.45, 2.75) is 37.8 Å². The van der Waals surface area contributed by atoms with Gasteiger partial charge in [-0.2, -0.15) is 0 Å². The van der Waals surface area contributed by atoms with Crippen molar-refractivity contribution in [3.8, 4) is 5.75 Å². The number of amides is 1. The summed E-state index contributed by atoms with van der Waals surface area (Å²) < 4.78 is 0. The first-order valence-corrected chi connectivity index (χ1v) is 6.38. The van der Waals surface area contributed by atoms with Crippen molar-refractivity contribution in [3.63, 3.8) is 0 Å². The van der Waals surface area contributed by atoms with Crippen LogP contribution in [0.1, 0.15) is 24.8 Å². The SMILES string of the molecule is CN(C(=O)[C@@H](N)Cc1ccc(O)cc1)C1CCC1. The average Bonchev–Trinajstić information content (AvgIpc) is 2.28. The van der Waals surface area contributed by atoms with Crippen LogP contribution in [0.15, 0.2) is 24.3 Å². The molecular formula is C14H20N2O2. The number of phenols is 1.